The maximum atomic E-state index is 14.1. The number of carbonyl (C=O) groups excluding carboxylic acids is 4. The van der Waals surface area contributed by atoms with Gasteiger partial charge in [-0.05, 0) is 25.7 Å². The van der Waals surface area contributed by atoms with E-state index >= 15 is 0 Å². The Hall–Kier alpha value is -1.98. The van der Waals surface area contributed by atoms with E-state index < -0.39 is 29.1 Å². The fraction of sp³-hybridized carbons (Fsp3) is 0.824. The number of rotatable bonds is 18. The van der Waals surface area contributed by atoms with Crippen LogP contribution in [0.15, 0.2) is 11.6 Å². The molecule has 40 heavy (non-hydrogen) atoms. The lowest BCUT2D eigenvalue weighted by molar-refractivity contribution is -0.149. The van der Waals surface area contributed by atoms with Crippen molar-refractivity contribution in [2.45, 2.75) is 130 Å². The first-order valence-electron chi connectivity index (χ1n) is 16.8. The van der Waals surface area contributed by atoms with Crippen LogP contribution in [0, 0.1) is 35.0 Å². The van der Waals surface area contributed by atoms with E-state index in [0.717, 1.165) is 63.4 Å². The van der Waals surface area contributed by atoms with E-state index in [-0.39, 0.29) is 29.5 Å². The average Bonchev–Trinajstić information content (AvgIpc) is 3.35. The van der Waals surface area contributed by atoms with Gasteiger partial charge in [-0.15, -0.1) is 0 Å². The highest BCUT2D eigenvalue weighted by Crippen LogP contribution is 2.67. The summed E-state index contributed by atoms with van der Waals surface area (Å²) >= 11 is 0. The summed E-state index contributed by atoms with van der Waals surface area (Å²) in [6.07, 6.45) is 18.6. The van der Waals surface area contributed by atoms with Gasteiger partial charge in [-0.1, -0.05) is 116 Å². The summed E-state index contributed by atoms with van der Waals surface area (Å²) in [6.45, 7) is 9.56. The molecule has 1 saturated carbocycles. The molecule has 4 amide bonds. The van der Waals surface area contributed by atoms with Crippen molar-refractivity contribution >= 4 is 23.6 Å². The molecule has 2 bridgehead atoms. The number of allylic oxidation sites excluding steroid dienone is 2. The van der Waals surface area contributed by atoms with Crippen LogP contribution in [0.5, 0.6) is 0 Å². The first kappa shape index (κ1) is 31.0. The van der Waals surface area contributed by atoms with Crippen molar-refractivity contribution in [3.63, 3.8) is 0 Å². The van der Waals surface area contributed by atoms with E-state index in [1.807, 2.05) is 0 Å². The van der Waals surface area contributed by atoms with Crippen LogP contribution in [0.2, 0.25) is 0 Å². The number of unbranched alkanes of at least 4 members (excludes halogenated alkanes) is 10. The third kappa shape index (κ3) is 5.45. The second-order valence-corrected chi connectivity index (χ2v) is 13.1. The number of likely N-dealkylation sites (tertiary alicyclic amines) is 2. The molecule has 0 aromatic heterocycles. The number of amides is 4. The second-order valence-electron chi connectivity index (χ2n) is 13.1. The zero-order chi connectivity index (χ0) is 28.9. The molecule has 224 valence electrons. The summed E-state index contributed by atoms with van der Waals surface area (Å²) in [6, 6.07) is 0. The van der Waals surface area contributed by atoms with Crippen molar-refractivity contribution in [1.82, 2.24) is 9.80 Å². The van der Waals surface area contributed by atoms with Gasteiger partial charge in [0.25, 0.3) is 0 Å². The van der Waals surface area contributed by atoms with E-state index in [1.54, 1.807) is 0 Å². The summed E-state index contributed by atoms with van der Waals surface area (Å²) in [7, 11) is 0. The zero-order valence-electron chi connectivity index (χ0n) is 25.7. The minimum absolute atomic E-state index is 0.0798. The molecule has 4 atom stereocenters. The minimum atomic E-state index is -0.728. The lowest BCUT2D eigenvalue weighted by Crippen LogP contribution is -2.59. The third-order valence-corrected chi connectivity index (χ3v) is 10.4. The highest BCUT2D eigenvalue weighted by molar-refractivity contribution is 6.11. The first-order chi connectivity index (χ1) is 19.4. The molecule has 6 heteroatoms. The molecule has 0 spiro atoms. The van der Waals surface area contributed by atoms with Gasteiger partial charge < -0.3 is 0 Å². The van der Waals surface area contributed by atoms with Gasteiger partial charge in [0.2, 0.25) is 23.6 Å². The van der Waals surface area contributed by atoms with E-state index in [4.69, 9.17) is 0 Å². The topological polar surface area (TPSA) is 74.8 Å². The lowest BCUT2D eigenvalue weighted by atomic mass is 9.43. The van der Waals surface area contributed by atoms with Crippen LogP contribution in [0.25, 0.3) is 0 Å². The van der Waals surface area contributed by atoms with Crippen molar-refractivity contribution < 1.29 is 19.2 Å². The van der Waals surface area contributed by atoms with Crippen LogP contribution in [0.4, 0.5) is 0 Å². The highest BCUT2D eigenvalue weighted by Gasteiger charge is 2.74. The summed E-state index contributed by atoms with van der Waals surface area (Å²) in [5.41, 5.74) is 0.428. The zero-order valence-corrected chi connectivity index (χ0v) is 25.7. The molecule has 5 rings (SSSR count). The molecule has 4 unspecified atom stereocenters. The van der Waals surface area contributed by atoms with Gasteiger partial charge in [-0.25, -0.2) is 0 Å². The maximum absolute atomic E-state index is 14.1. The van der Waals surface area contributed by atoms with Crippen LogP contribution < -0.4 is 0 Å². The van der Waals surface area contributed by atoms with Crippen LogP contribution in [0.3, 0.4) is 0 Å². The third-order valence-electron chi connectivity index (χ3n) is 10.4. The molecule has 0 radical (unpaired) electrons. The Morgan fingerprint density at radius 1 is 0.550 bits per heavy atom. The molecular formula is C34H54N2O4. The Kier molecular flexibility index (Phi) is 10.7. The van der Waals surface area contributed by atoms with Crippen LogP contribution >= 0.6 is 0 Å². The van der Waals surface area contributed by atoms with Gasteiger partial charge in [-0.2, -0.15) is 0 Å². The molecule has 3 fully saturated rings. The number of hydrogen-bond acceptors (Lipinski definition) is 4. The molecule has 3 aliphatic carbocycles. The van der Waals surface area contributed by atoms with Crippen molar-refractivity contribution in [3.05, 3.63) is 11.6 Å². The lowest BCUT2D eigenvalue weighted by Gasteiger charge is -2.55. The Labute approximate surface area is 242 Å². The molecule has 2 heterocycles. The van der Waals surface area contributed by atoms with E-state index in [2.05, 4.69) is 33.8 Å². The SMILES string of the molecule is CCCCCCCCN1C(=O)C2C3C(CCC)=CC(CCC)(C2C1=O)C1C(=O)N(CCCCCCCC)C(=O)C31. The molecular weight excluding hydrogens is 500 g/mol. The molecule has 0 N–H and O–H groups in total. The predicted molar refractivity (Wildman–Crippen MR) is 158 cm³/mol. The molecule has 2 saturated heterocycles. The summed E-state index contributed by atoms with van der Waals surface area (Å²) in [4.78, 5) is 59.3. The van der Waals surface area contributed by atoms with Crippen molar-refractivity contribution in [2.24, 2.45) is 35.0 Å². The Bertz CT molecular complexity index is 911. The first-order valence-corrected chi connectivity index (χ1v) is 16.8. The second kappa shape index (κ2) is 13.8. The Balaban J connectivity index is 1.59. The van der Waals surface area contributed by atoms with E-state index in [9.17, 15) is 19.2 Å². The normalized spacial score (nSPS) is 30.9. The van der Waals surface area contributed by atoms with Gasteiger partial charge in [0.05, 0.1) is 23.7 Å². The van der Waals surface area contributed by atoms with Crippen LogP contribution in [0.1, 0.15) is 130 Å². The van der Waals surface area contributed by atoms with Crippen molar-refractivity contribution in [2.75, 3.05) is 13.1 Å². The number of nitrogens with zero attached hydrogens (tertiary/aromatic N) is 2. The van der Waals surface area contributed by atoms with E-state index in [0.29, 0.717) is 19.5 Å². The molecule has 0 aromatic rings. The fourth-order valence-electron chi connectivity index (χ4n) is 8.74. The monoisotopic (exact) mass is 554 g/mol. The Morgan fingerprint density at radius 2 is 1.00 bits per heavy atom. The van der Waals surface area contributed by atoms with Crippen molar-refractivity contribution in [3.8, 4) is 0 Å². The molecule has 5 aliphatic rings. The number of imide groups is 2. The highest BCUT2D eigenvalue weighted by atomic mass is 16.2. The molecule has 6 nitrogen and oxygen atoms in total. The summed E-state index contributed by atoms with van der Waals surface area (Å²) < 4.78 is 0. The minimum Gasteiger partial charge on any atom is -0.282 e. The van der Waals surface area contributed by atoms with Crippen molar-refractivity contribution in [1.29, 1.82) is 0 Å². The smallest absolute Gasteiger partial charge is 0.234 e. The van der Waals surface area contributed by atoms with Crippen LogP contribution in [-0.2, 0) is 19.2 Å². The summed E-state index contributed by atoms with van der Waals surface area (Å²) in [5, 5.41) is 0. The maximum Gasteiger partial charge on any atom is 0.234 e. The predicted octanol–water partition coefficient (Wildman–Crippen LogP) is 7.07. The van der Waals surface area contributed by atoms with Gasteiger partial charge >= 0.3 is 0 Å². The van der Waals surface area contributed by atoms with Crippen LogP contribution in [-0.4, -0.2) is 46.5 Å². The number of hydrogen-bond donors (Lipinski definition) is 0. The fourth-order valence-corrected chi connectivity index (χ4v) is 8.74. The van der Waals surface area contributed by atoms with Gasteiger partial charge in [0, 0.05) is 24.4 Å². The standard InChI is InChI=1S/C34H54N2O4/c1-5-9-11-13-15-17-21-35-30(37)26-25-24(19-7-3)23-34(20-8-4,28(26)32(35)39)29-27(25)31(38)36(33(29)40)22-18-16-14-12-10-6-2/h23,25-29H,5-22H2,1-4H3. The van der Waals surface area contributed by atoms with Gasteiger partial charge in [-0.3, -0.25) is 29.0 Å². The largest absolute Gasteiger partial charge is 0.282 e. The van der Waals surface area contributed by atoms with Gasteiger partial charge in [0.15, 0.2) is 0 Å². The quantitative estimate of drug-likeness (QED) is 0.103. The summed E-state index contributed by atoms with van der Waals surface area (Å²) in [5.74, 6) is -2.62. The number of carbonyl (C=O) groups is 4. The Morgan fingerprint density at radius 3 is 1.43 bits per heavy atom. The molecule has 0 aromatic carbocycles. The molecule has 2 aliphatic heterocycles. The van der Waals surface area contributed by atoms with Gasteiger partial charge in [0.1, 0.15) is 0 Å². The van der Waals surface area contributed by atoms with E-state index in [1.165, 1.54) is 48.3 Å². The average molecular weight is 555 g/mol.